The molecule has 6 aromatic rings. The highest BCUT2D eigenvalue weighted by atomic mass is 14.2. The Labute approximate surface area is 140 Å². The first kappa shape index (κ1) is 12.5. The van der Waals surface area contributed by atoms with Crippen LogP contribution in [0.5, 0.6) is 0 Å². The van der Waals surface area contributed by atoms with E-state index in [4.69, 9.17) is 0 Å². The maximum atomic E-state index is 2.39. The zero-order valence-electron chi connectivity index (χ0n) is 13.8. The molecule has 0 spiro atoms. The third kappa shape index (κ3) is 1.28. The first-order chi connectivity index (χ1) is 11.7. The molecule has 0 saturated carbocycles. The molecule has 0 N–H and O–H groups in total. The van der Waals surface area contributed by atoms with E-state index in [-0.39, 0.29) is 0 Å². The molecule has 0 heteroatoms. The van der Waals surface area contributed by atoms with E-state index in [9.17, 15) is 0 Å². The van der Waals surface area contributed by atoms with Crippen LogP contribution in [-0.4, -0.2) is 0 Å². The maximum absolute atomic E-state index is 2.39. The summed E-state index contributed by atoms with van der Waals surface area (Å²) in [7, 11) is 0. The van der Waals surface area contributed by atoms with Crippen LogP contribution in [0, 0.1) is 13.8 Å². The molecule has 24 heavy (non-hydrogen) atoms. The predicted octanol–water partition coefficient (Wildman–Crippen LogP) is 6.95. The summed E-state index contributed by atoms with van der Waals surface area (Å²) in [4.78, 5) is 0. The molecule has 0 atom stereocenters. The van der Waals surface area contributed by atoms with Gasteiger partial charge in [-0.05, 0) is 91.0 Å². The van der Waals surface area contributed by atoms with E-state index < -0.39 is 0 Å². The summed E-state index contributed by atoms with van der Waals surface area (Å²) >= 11 is 0. The van der Waals surface area contributed by atoms with E-state index in [1.54, 1.807) is 0 Å². The quantitative estimate of drug-likeness (QED) is 0.285. The van der Waals surface area contributed by atoms with Gasteiger partial charge in [0.15, 0.2) is 0 Å². The highest BCUT2D eigenvalue weighted by molar-refractivity contribution is 6.39. The maximum Gasteiger partial charge on any atom is -0.00172 e. The Morgan fingerprint density at radius 2 is 0.917 bits per heavy atom. The minimum absolute atomic E-state index is 1.37. The molecule has 0 aromatic heterocycles. The second-order valence-corrected chi connectivity index (χ2v) is 7.10. The topological polar surface area (TPSA) is 0 Å². The van der Waals surface area contributed by atoms with Gasteiger partial charge < -0.3 is 0 Å². The van der Waals surface area contributed by atoms with Crippen LogP contribution in [0.25, 0.3) is 53.9 Å². The van der Waals surface area contributed by atoms with Gasteiger partial charge in [-0.2, -0.15) is 0 Å². The lowest BCUT2D eigenvalue weighted by Gasteiger charge is -2.21. The molecule has 112 valence electrons. The molecule has 0 unspecified atom stereocenters. The molecule has 0 heterocycles. The van der Waals surface area contributed by atoms with Crippen LogP contribution >= 0.6 is 0 Å². The van der Waals surface area contributed by atoms with Gasteiger partial charge in [-0.3, -0.25) is 0 Å². The van der Waals surface area contributed by atoms with Crippen molar-refractivity contribution in [2.24, 2.45) is 0 Å². The molecular weight excluding hydrogens is 288 g/mol. The second-order valence-electron chi connectivity index (χ2n) is 7.10. The normalized spacial score (nSPS) is 12.6. The molecule has 0 radical (unpaired) electrons. The van der Waals surface area contributed by atoms with Gasteiger partial charge in [-0.15, -0.1) is 0 Å². The van der Waals surface area contributed by atoms with Gasteiger partial charge >= 0.3 is 0 Å². The van der Waals surface area contributed by atoms with Crippen molar-refractivity contribution in [3.8, 4) is 0 Å². The lowest BCUT2D eigenvalue weighted by atomic mass is 9.82. The van der Waals surface area contributed by atoms with Crippen LogP contribution in [0.1, 0.15) is 11.1 Å². The molecule has 0 saturated heterocycles. The van der Waals surface area contributed by atoms with Crippen molar-refractivity contribution in [3.05, 3.63) is 71.8 Å². The monoisotopic (exact) mass is 304 g/mol. The van der Waals surface area contributed by atoms with E-state index in [0.29, 0.717) is 0 Å². The van der Waals surface area contributed by atoms with Gasteiger partial charge in [0.1, 0.15) is 0 Å². The summed E-state index contributed by atoms with van der Waals surface area (Å²) in [5.74, 6) is 0. The molecule has 0 bridgehead atoms. The Morgan fingerprint density at radius 3 is 1.38 bits per heavy atom. The second kappa shape index (κ2) is 3.96. The molecule has 0 fully saturated rings. The molecule has 0 nitrogen and oxygen atoms in total. The average Bonchev–Trinajstić information content (AvgIpc) is 2.55. The van der Waals surface area contributed by atoms with Gasteiger partial charge in [0.25, 0.3) is 0 Å². The highest BCUT2D eigenvalue weighted by Gasteiger charge is 2.19. The van der Waals surface area contributed by atoms with Gasteiger partial charge in [-0.1, -0.05) is 48.5 Å². The van der Waals surface area contributed by atoms with E-state index in [0.717, 1.165) is 0 Å². The number of fused-ring (bicyclic) bond motifs is 5. The van der Waals surface area contributed by atoms with Gasteiger partial charge in [-0.25, -0.2) is 0 Å². The third-order valence-electron chi connectivity index (χ3n) is 5.79. The van der Waals surface area contributed by atoms with Crippen molar-refractivity contribution in [2.75, 3.05) is 0 Å². The van der Waals surface area contributed by atoms with Crippen LogP contribution in [0.4, 0.5) is 0 Å². The van der Waals surface area contributed by atoms with Crippen LogP contribution in [0.2, 0.25) is 0 Å². The summed E-state index contributed by atoms with van der Waals surface area (Å²) in [5, 5.41) is 14.1. The molecule has 6 rings (SSSR count). The van der Waals surface area contributed by atoms with Gasteiger partial charge in [0.2, 0.25) is 0 Å². The van der Waals surface area contributed by atoms with Crippen molar-refractivity contribution < 1.29 is 0 Å². The Balaban J connectivity index is 1.98. The van der Waals surface area contributed by atoms with Crippen LogP contribution in [0.15, 0.2) is 60.7 Å². The third-order valence-corrected chi connectivity index (χ3v) is 5.79. The van der Waals surface area contributed by atoms with Crippen molar-refractivity contribution in [1.29, 1.82) is 0 Å². The summed E-state index contributed by atoms with van der Waals surface area (Å²) in [6.45, 7) is 4.47. The Morgan fingerprint density at radius 1 is 0.458 bits per heavy atom. The first-order valence-corrected chi connectivity index (χ1v) is 8.55. The average molecular weight is 304 g/mol. The Kier molecular flexibility index (Phi) is 2.07. The van der Waals surface area contributed by atoms with Crippen molar-refractivity contribution in [1.82, 2.24) is 0 Å². The number of benzene rings is 3. The Hall–Kier alpha value is -2.86. The van der Waals surface area contributed by atoms with Gasteiger partial charge in [0, 0.05) is 0 Å². The van der Waals surface area contributed by atoms with Crippen molar-refractivity contribution in [2.45, 2.75) is 13.8 Å². The molecular formula is C24H16. The zero-order valence-corrected chi connectivity index (χ0v) is 13.8. The van der Waals surface area contributed by atoms with E-state index >= 15 is 0 Å². The lowest BCUT2D eigenvalue weighted by molar-refractivity contribution is 1.52. The Bertz CT molecular complexity index is 1290. The number of hydrogen-bond donors (Lipinski definition) is 0. The van der Waals surface area contributed by atoms with Crippen molar-refractivity contribution in [3.63, 3.8) is 0 Å². The lowest BCUT2D eigenvalue weighted by Crippen LogP contribution is -1.94. The van der Waals surface area contributed by atoms with Crippen LogP contribution in [0.3, 0.4) is 0 Å². The van der Waals surface area contributed by atoms with Crippen LogP contribution < -0.4 is 0 Å². The molecule has 0 aliphatic rings. The molecule has 0 aliphatic heterocycles. The number of hydrogen-bond acceptors (Lipinski definition) is 0. The summed E-state index contributed by atoms with van der Waals surface area (Å²) in [6.07, 6.45) is 0. The standard InChI is InChI=1S/C24H16/c1-13-7-9-15-11-19-17-5-3-4-6-18(17)20(19)12-16-10-8-14(2)22-21(13)23(15)24(16)22/h3-12H,1-2H3. The molecule has 0 aliphatic carbocycles. The number of aryl methyl sites for hydroxylation is 2. The summed E-state index contributed by atoms with van der Waals surface area (Å²) < 4.78 is 0. The fourth-order valence-electron chi connectivity index (χ4n) is 4.61. The minimum atomic E-state index is 1.37. The van der Waals surface area contributed by atoms with E-state index in [1.807, 2.05) is 0 Å². The predicted molar refractivity (Wildman–Crippen MR) is 106 cm³/mol. The fourth-order valence-corrected chi connectivity index (χ4v) is 4.61. The fraction of sp³-hybridized carbons (Fsp3) is 0.0833. The SMILES string of the molecule is Cc1ccc2cc3c4ccccc4c3cc3ccc(C)c4c1c2c34. The van der Waals surface area contributed by atoms with Crippen LogP contribution in [-0.2, 0) is 0 Å². The smallest absolute Gasteiger partial charge is 0.00172 e. The zero-order chi connectivity index (χ0) is 16.0. The van der Waals surface area contributed by atoms with E-state index in [1.165, 1.54) is 65.0 Å². The highest BCUT2D eigenvalue weighted by Crippen LogP contribution is 2.46. The van der Waals surface area contributed by atoms with Gasteiger partial charge in [0.05, 0.1) is 0 Å². The number of rotatable bonds is 0. The summed E-state index contributed by atoms with van der Waals surface area (Å²) in [5.41, 5.74) is 2.78. The van der Waals surface area contributed by atoms with E-state index in [2.05, 4.69) is 74.5 Å². The minimum Gasteiger partial charge on any atom is -0.0616 e. The molecule has 6 aromatic carbocycles. The molecule has 0 amide bonds. The van der Waals surface area contributed by atoms with Crippen molar-refractivity contribution >= 4 is 53.9 Å². The summed E-state index contributed by atoms with van der Waals surface area (Å²) in [6, 6.07) is 22.7. The largest absolute Gasteiger partial charge is 0.0616 e. The first-order valence-electron chi connectivity index (χ1n) is 8.55.